The summed E-state index contributed by atoms with van der Waals surface area (Å²) in [7, 11) is 2.75. The van der Waals surface area contributed by atoms with E-state index in [0.29, 0.717) is 45.2 Å². The molecule has 1 N–H and O–H groups in total. The number of ether oxygens (including phenoxy) is 6. The molecule has 6 atom stereocenters. The molecule has 0 aromatic heterocycles. The summed E-state index contributed by atoms with van der Waals surface area (Å²) in [6.45, 7) is 2.86. The van der Waals surface area contributed by atoms with Gasteiger partial charge in [0.15, 0.2) is 0 Å². The van der Waals surface area contributed by atoms with Gasteiger partial charge in [-0.15, -0.1) is 38.0 Å². The number of benzene rings is 4. The highest BCUT2D eigenvalue weighted by molar-refractivity contribution is 8.18. The number of carbonyl (C=O) groups excluding carboxylic acids is 6. The average molecular weight is 1370 g/mol. The molecular weight excluding hydrogens is 1290 g/mol. The number of carbonyl (C=O) groups is 6. The van der Waals surface area contributed by atoms with Gasteiger partial charge >= 0.3 is 24.7 Å². The predicted octanol–water partition coefficient (Wildman–Crippen LogP) is 13.5. The molecule has 522 valence electrons. The number of nitrogens with zero attached hydrogens (tertiary/aromatic N) is 5. The van der Waals surface area contributed by atoms with E-state index >= 15 is 0 Å². The average Bonchev–Trinajstić information content (AvgIpc) is 1.65. The minimum Gasteiger partial charge on any atom is -0.466 e. The van der Waals surface area contributed by atoms with Crippen molar-refractivity contribution in [1.82, 2.24) is 14.1 Å². The molecule has 0 bridgehead atoms. The van der Waals surface area contributed by atoms with Gasteiger partial charge in [-0.1, -0.05) is 25.0 Å². The van der Waals surface area contributed by atoms with E-state index in [1.165, 1.54) is 38.5 Å². The summed E-state index contributed by atoms with van der Waals surface area (Å²) >= 11 is -5.14. The van der Waals surface area contributed by atoms with Crippen molar-refractivity contribution in [3.05, 3.63) is 118 Å². The fourth-order valence-corrected chi connectivity index (χ4v) is 13.8. The summed E-state index contributed by atoms with van der Waals surface area (Å²) in [5.41, 5.74) is 4.05. The summed E-state index contributed by atoms with van der Waals surface area (Å²) in [5.74, 6) is -2.98. The van der Waals surface area contributed by atoms with Gasteiger partial charge in [0, 0.05) is 98.7 Å². The summed E-state index contributed by atoms with van der Waals surface area (Å²) in [4.78, 5) is 86.2. The zero-order chi connectivity index (χ0) is 68.9. The van der Waals surface area contributed by atoms with Crippen molar-refractivity contribution in [2.24, 2.45) is 11.8 Å². The standard InChI is InChI=1S/C30H32F4N2O5.C30H33F3N2O6.C6H14F3NO2S/c1-2-40-27(38)15-14-26(37)35(20-9-10-20)28-22-4-3-5-24(22)36(25-13-6-18(17-31)16-23(25)28)29(39)19-7-11-21(12-8-19)41-30(32,33)34;1-2-40-27(38)15-14-26(37)34(20-9-10-20)28-22-4-3-5-24(22)35(25-13-6-18(17-36)16-23(25)28)29(39)19-7-11-21(12-8-19)41-30(31,32)33;1-11-5-3-10(4-6-12-2)13(7,8)9/h6-8,11-13,16,20,22,24,28H,2-5,9-10,14-15,17H2,1H3;6-8,11-13,16,20,22,24,28,36H,2-5,9-10,14-15,17H2,1H3;3-6H2,1-2H3. The lowest BCUT2D eigenvalue weighted by Gasteiger charge is -2.48. The van der Waals surface area contributed by atoms with Crippen molar-refractivity contribution in [3.63, 3.8) is 0 Å². The van der Waals surface area contributed by atoms with Crippen LogP contribution in [0.25, 0.3) is 0 Å². The highest BCUT2D eigenvalue weighted by Gasteiger charge is 2.54. The number of hydrogen-bond acceptors (Lipinski definition) is 14. The normalized spacial score (nSPS) is 20.5. The van der Waals surface area contributed by atoms with Crippen LogP contribution in [0.15, 0.2) is 84.9 Å². The molecule has 10 rings (SSSR count). The van der Waals surface area contributed by atoms with Crippen LogP contribution in [0.1, 0.15) is 159 Å². The lowest BCUT2D eigenvalue weighted by Crippen LogP contribution is -2.53. The first kappa shape index (κ1) is 73.6. The lowest BCUT2D eigenvalue weighted by molar-refractivity contribution is -0.275. The summed E-state index contributed by atoms with van der Waals surface area (Å²) in [5, 5.41) is 9.93. The molecule has 0 saturated heterocycles. The molecule has 95 heavy (non-hydrogen) atoms. The molecule has 0 spiro atoms. The van der Waals surface area contributed by atoms with Gasteiger partial charge in [0.25, 0.3) is 23.2 Å². The third-order valence-electron chi connectivity index (χ3n) is 17.5. The molecule has 6 aliphatic rings. The van der Waals surface area contributed by atoms with Crippen LogP contribution < -0.4 is 19.3 Å². The molecule has 4 aliphatic carbocycles. The van der Waals surface area contributed by atoms with Gasteiger partial charge in [-0.25, -0.2) is 4.39 Å². The van der Waals surface area contributed by atoms with Crippen molar-refractivity contribution >= 4 is 58.3 Å². The van der Waals surface area contributed by atoms with Crippen LogP contribution in [0.3, 0.4) is 0 Å². The molecule has 4 amide bonds. The quantitative estimate of drug-likeness (QED) is 0.0486. The Balaban J connectivity index is 0.000000205. The van der Waals surface area contributed by atoms with Crippen molar-refractivity contribution < 1.29 is 105 Å². The minimum atomic E-state index is -5.14. The van der Waals surface area contributed by atoms with E-state index in [4.69, 9.17) is 9.47 Å². The first-order valence-electron chi connectivity index (χ1n) is 31.6. The van der Waals surface area contributed by atoms with Crippen molar-refractivity contribution in [2.45, 2.75) is 166 Å². The number of esters is 2. The largest absolute Gasteiger partial charge is 0.573 e. The first-order chi connectivity index (χ1) is 45.2. The van der Waals surface area contributed by atoms with E-state index in [9.17, 15) is 76.3 Å². The van der Waals surface area contributed by atoms with E-state index in [0.717, 1.165) is 81.2 Å². The second-order valence-electron chi connectivity index (χ2n) is 23.8. The molecule has 4 aromatic rings. The number of aliphatic hydroxyl groups excluding tert-OH is 1. The number of rotatable bonds is 25. The Morgan fingerprint density at radius 3 is 1.27 bits per heavy atom. The number of methoxy groups -OCH3 is 2. The number of hydrogen-bond donors (Lipinski definition) is 1. The van der Waals surface area contributed by atoms with Crippen LogP contribution >= 0.6 is 11.4 Å². The third kappa shape index (κ3) is 19.1. The monoisotopic (exact) mass is 1370 g/mol. The van der Waals surface area contributed by atoms with E-state index in [2.05, 4.69) is 18.9 Å². The SMILES string of the molecule is CCOC(=O)CCC(=O)N(C1CC1)C1c2cc(CF)ccc2N(C(=O)c2ccc(OC(F)(F)F)cc2)C2CCCC21.CCOC(=O)CCC(=O)N(C1CC1)C1c2cc(CO)ccc2N(C(=O)c2ccc(OC(F)(F)F)cc2)C2CCCC21.COCCN(CCOC)S(F)(F)F. The number of alkyl halides is 7. The number of amides is 4. The Kier molecular flexibility index (Phi) is 25.3. The Bertz CT molecular complexity index is 3080. The van der Waals surface area contributed by atoms with Crippen molar-refractivity contribution in [1.29, 1.82) is 0 Å². The molecular formula is C66H79F10N5O13S. The number of halogens is 10. The Morgan fingerprint density at radius 1 is 0.547 bits per heavy atom. The molecule has 18 nitrogen and oxygen atoms in total. The molecule has 4 aromatic carbocycles. The minimum absolute atomic E-state index is 0.00116. The van der Waals surface area contributed by atoms with Gasteiger partial charge in [0.1, 0.15) is 18.2 Å². The highest BCUT2D eigenvalue weighted by Crippen LogP contribution is 2.57. The third-order valence-corrected chi connectivity index (χ3v) is 18.4. The summed E-state index contributed by atoms with van der Waals surface area (Å²) < 4.78 is 154. The number of aliphatic hydroxyl groups is 1. The number of fused-ring (bicyclic) bond motifs is 4. The molecule has 6 unspecified atom stereocenters. The van der Waals surface area contributed by atoms with Crippen LogP contribution in [-0.4, -0.2) is 145 Å². The zero-order valence-corrected chi connectivity index (χ0v) is 53.8. The van der Waals surface area contributed by atoms with Crippen LogP contribution in [0.4, 0.5) is 53.8 Å². The summed E-state index contributed by atoms with van der Waals surface area (Å²) in [6, 6.07) is 18.8. The van der Waals surface area contributed by atoms with Gasteiger partial charge in [-0.3, -0.25) is 28.8 Å². The molecule has 2 aliphatic heterocycles. The fourth-order valence-electron chi connectivity index (χ4n) is 13.3. The van der Waals surface area contributed by atoms with E-state index in [-0.39, 0.29) is 149 Å². The Morgan fingerprint density at radius 2 is 0.937 bits per heavy atom. The smallest absolute Gasteiger partial charge is 0.466 e. The van der Waals surface area contributed by atoms with Crippen molar-refractivity contribution in [3.8, 4) is 11.5 Å². The van der Waals surface area contributed by atoms with E-state index in [1.54, 1.807) is 54.0 Å². The zero-order valence-electron chi connectivity index (χ0n) is 53.0. The van der Waals surface area contributed by atoms with Crippen LogP contribution in [0, 0.1) is 11.8 Å². The van der Waals surface area contributed by atoms with Gasteiger partial charge in [-0.2, -0.15) is 4.31 Å². The molecule has 2 heterocycles. The van der Waals surface area contributed by atoms with Gasteiger partial charge < -0.3 is 53.1 Å². The Labute approximate surface area is 546 Å². The summed E-state index contributed by atoms with van der Waals surface area (Å²) in [6.07, 6.45) is -1.81. The maximum absolute atomic E-state index is 13.9. The second-order valence-corrected chi connectivity index (χ2v) is 25.0. The van der Waals surface area contributed by atoms with Gasteiger partial charge in [-0.05, 0) is 160 Å². The van der Waals surface area contributed by atoms with Crippen LogP contribution in [-0.2, 0) is 51.4 Å². The van der Waals surface area contributed by atoms with E-state index < -0.39 is 60.3 Å². The van der Waals surface area contributed by atoms with Crippen molar-refractivity contribution in [2.75, 3.05) is 63.5 Å². The van der Waals surface area contributed by atoms with E-state index in [1.807, 2.05) is 15.9 Å². The fraction of sp³-hybridized carbons (Fsp3) is 0.545. The highest BCUT2D eigenvalue weighted by atomic mass is 32.3. The van der Waals surface area contributed by atoms with Gasteiger partial charge in [0.05, 0.1) is 58.0 Å². The molecule has 0 radical (unpaired) electrons. The first-order valence-corrected chi connectivity index (χ1v) is 32.9. The lowest BCUT2D eigenvalue weighted by atomic mass is 9.80. The second kappa shape index (κ2) is 32.7. The van der Waals surface area contributed by atoms with Gasteiger partial charge in [0.2, 0.25) is 11.8 Å². The number of anilines is 2. The van der Waals surface area contributed by atoms with Crippen LogP contribution in [0.2, 0.25) is 0 Å². The molecule has 29 heteroatoms. The molecule has 4 saturated carbocycles. The maximum Gasteiger partial charge on any atom is 0.573 e. The maximum atomic E-state index is 13.9. The topological polar surface area (TPSA) is 194 Å². The van der Waals surface area contributed by atoms with Crippen LogP contribution in [0.5, 0.6) is 11.5 Å². The molecule has 4 fully saturated rings. The predicted molar refractivity (Wildman–Crippen MR) is 329 cm³/mol. The Hall–Kier alpha value is -7.21.